The lowest BCUT2D eigenvalue weighted by atomic mass is 10.1. The molecule has 23 heavy (non-hydrogen) atoms. The fourth-order valence-electron chi connectivity index (χ4n) is 2.34. The van der Waals surface area contributed by atoms with Crippen LogP contribution < -0.4 is 15.4 Å². The highest BCUT2D eigenvalue weighted by Gasteiger charge is 2.33. The molecule has 2 rings (SSSR count). The normalized spacial score (nSPS) is 18.5. The molecule has 0 radical (unpaired) electrons. The molecule has 1 saturated heterocycles. The van der Waals surface area contributed by atoms with Crippen molar-refractivity contribution in [2.75, 3.05) is 26.9 Å². The summed E-state index contributed by atoms with van der Waals surface area (Å²) in [5, 5.41) is 5.64. The molecule has 1 amide bonds. The number of rotatable bonds is 5. The van der Waals surface area contributed by atoms with Crippen LogP contribution in [0.3, 0.4) is 0 Å². The maximum absolute atomic E-state index is 13.1. The van der Waals surface area contributed by atoms with Gasteiger partial charge in [0.1, 0.15) is 5.75 Å². The molecule has 0 saturated carbocycles. The molecule has 1 aromatic carbocycles. The van der Waals surface area contributed by atoms with Gasteiger partial charge in [-0.05, 0) is 17.7 Å². The average molecular weight is 332 g/mol. The maximum Gasteiger partial charge on any atom is 0.416 e. The maximum atomic E-state index is 13.1. The molecule has 1 heterocycles. The van der Waals surface area contributed by atoms with Gasteiger partial charge in [-0.25, -0.2) is 0 Å². The molecule has 0 spiro atoms. The number of amides is 1. The zero-order chi connectivity index (χ0) is 16.9. The smallest absolute Gasteiger partial charge is 0.416 e. The highest BCUT2D eigenvalue weighted by Crippen LogP contribution is 2.34. The minimum Gasteiger partial charge on any atom is -0.497 e. The SMILES string of the molecule is COc1ccc(CNC(=O)CC2COCCN2)c(C(F)(F)F)c1. The van der Waals surface area contributed by atoms with Gasteiger partial charge in [0.2, 0.25) is 5.91 Å². The highest BCUT2D eigenvalue weighted by molar-refractivity contribution is 5.76. The van der Waals surface area contributed by atoms with Crippen molar-refractivity contribution < 1.29 is 27.4 Å². The summed E-state index contributed by atoms with van der Waals surface area (Å²) in [5.41, 5.74) is -0.809. The van der Waals surface area contributed by atoms with Crippen LogP contribution in [0.4, 0.5) is 13.2 Å². The first-order valence-corrected chi connectivity index (χ1v) is 7.22. The molecule has 8 heteroatoms. The Labute approximate surface area is 132 Å². The molecule has 1 unspecified atom stereocenters. The number of carbonyl (C=O) groups excluding carboxylic acids is 1. The quantitative estimate of drug-likeness (QED) is 0.862. The van der Waals surface area contributed by atoms with Crippen molar-refractivity contribution in [1.82, 2.24) is 10.6 Å². The van der Waals surface area contributed by atoms with Crippen LogP contribution in [0.5, 0.6) is 5.75 Å². The summed E-state index contributed by atoms with van der Waals surface area (Å²) in [6.45, 7) is 1.49. The van der Waals surface area contributed by atoms with E-state index in [1.807, 2.05) is 0 Å². The third kappa shape index (κ3) is 5.11. The van der Waals surface area contributed by atoms with Gasteiger partial charge >= 0.3 is 6.18 Å². The first-order valence-electron chi connectivity index (χ1n) is 7.22. The van der Waals surface area contributed by atoms with Crippen LogP contribution in [-0.4, -0.2) is 38.8 Å². The van der Waals surface area contributed by atoms with Crippen molar-refractivity contribution in [3.8, 4) is 5.75 Å². The molecule has 5 nitrogen and oxygen atoms in total. The van der Waals surface area contributed by atoms with E-state index in [0.717, 1.165) is 6.07 Å². The number of ether oxygens (including phenoxy) is 2. The van der Waals surface area contributed by atoms with Crippen LogP contribution in [0.2, 0.25) is 0 Å². The van der Waals surface area contributed by atoms with Crippen LogP contribution in [0.15, 0.2) is 18.2 Å². The zero-order valence-corrected chi connectivity index (χ0v) is 12.7. The number of halogens is 3. The van der Waals surface area contributed by atoms with E-state index in [4.69, 9.17) is 9.47 Å². The summed E-state index contributed by atoms with van der Waals surface area (Å²) in [6.07, 6.45) is -4.34. The number of carbonyl (C=O) groups is 1. The molecule has 1 aliphatic heterocycles. The lowest BCUT2D eigenvalue weighted by Crippen LogP contribution is -2.44. The molecule has 1 aliphatic rings. The highest BCUT2D eigenvalue weighted by atomic mass is 19.4. The fourth-order valence-corrected chi connectivity index (χ4v) is 2.34. The van der Waals surface area contributed by atoms with E-state index in [-0.39, 0.29) is 36.2 Å². The van der Waals surface area contributed by atoms with Crippen molar-refractivity contribution >= 4 is 5.91 Å². The molecule has 1 atom stereocenters. The van der Waals surface area contributed by atoms with Crippen LogP contribution in [0.25, 0.3) is 0 Å². The molecule has 1 fully saturated rings. The Balaban J connectivity index is 1.97. The van der Waals surface area contributed by atoms with Crippen molar-refractivity contribution in [3.63, 3.8) is 0 Å². The first-order chi connectivity index (χ1) is 10.9. The molecule has 0 bridgehead atoms. The fraction of sp³-hybridized carbons (Fsp3) is 0.533. The second kappa shape index (κ2) is 7.65. The Morgan fingerprint density at radius 2 is 2.26 bits per heavy atom. The minimum atomic E-state index is -4.51. The van der Waals surface area contributed by atoms with E-state index < -0.39 is 11.7 Å². The van der Waals surface area contributed by atoms with E-state index in [1.165, 1.54) is 19.2 Å². The molecule has 2 N–H and O–H groups in total. The monoisotopic (exact) mass is 332 g/mol. The molecule has 1 aromatic rings. The third-order valence-corrected chi connectivity index (χ3v) is 3.53. The van der Waals surface area contributed by atoms with Gasteiger partial charge in [0.15, 0.2) is 0 Å². The van der Waals surface area contributed by atoms with E-state index >= 15 is 0 Å². The largest absolute Gasteiger partial charge is 0.497 e. The lowest BCUT2D eigenvalue weighted by molar-refractivity contribution is -0.138. The van der Waals surface area contributed by atoms with Gasteiger partial charge < -0.3 is 20.1 Å². The van der Waals surface area contributed by atoms with Gasteiger partial charge in [0.05, 0.1) is 25.9 Å². The van der Waals surface area contributed by atoms with Crippen molar-refractivity contribution in [1.29, 1.82) is 0 Å². The van der Waals surface area contributed by atoms with Gasteiger partial charge in [-0.15, -0.1) is 0 Å². The number of hydrogen-bond acceptors (Lipinski definition) is 4. The van der Waals surface area contributed by atoms with Gasteiger partial charge in [-0.1, -0.05) is 6.07 Å². The molecular formula is C15H19F3N2O3. The lowest BCUT2D eigenvalue weighted by Gasteiger charge is -2.23. The Hall–Kier alpha value is -1.80. The van der Waals surface area contributed by atoms with Crippen molar-refractivity contribution in [3.05, 3.63) is 29.3 Å². The van der Waals surface area contributed by atoms with Crippen molar-refractivity contribution in [2.24, 2.45) is 0 Å². The second-order valence-corrected chi connectivity index (χ2v) is 5.23. The number of methoxy groups -OCH3 is 1. The van der Waals surface area contributed by atoms with Gasteiger partial charge in [0, 0.05) is 25.6 Å². The van der Waals surface area contributed by atoms with Gasteiger partial charge in [-0.2, -0.15) is 13.2 Å². The predicted molar refractivity (Wildman–Crippen MR) is 77.1 cm³/mol. The Morgan fingerprint density at radius 3 is 2.87 bits per heavy atom. The summed E-state index contributed by atoms with van der Waals surface area (Å²) < 4.78 is 49.3. The third-order valence-electron chi connectivity index (χ3n) is 3.53. The van der Waals surface area contributed by atoms with E-state index in [2.05, 4.69) is 10.6 Å². The van der Waals surface area contributed by atoms with Crippen LogP contribution >= 0.6 is 0 Å². The summed E-state index contributed by atoms with van der Waals surface area (Å²) in [5.74, 6) is -0.201. The van der Waals surface area contributed by atoms with Gasteiger partial charge in [0.25, 0.3) is 0 Å². The van der Waals surface area contributed by atoms with Crippen molar-refractivity contribution in [2.45, 2.75) is 25.2 Å². The molecule has 128 valence electrons. The standard InChI is InChI=1S/C15H19F3N2O3/c1-22-12-3-2-10(13(7-12)15(16,17)18)8-20-14(21)6-11-9-23-5-4-19-11/h2-3,7,11,19H,4-6,8-9H2,1H3,(H,20,21). The Bertz CT molecular complexity index is 543. The number of alkyl halides is 3. The van der Waals surface area contributed by atoms with Crippen LogP contribution in [0.1, 0.15) is 17.5 Å². The number of morpholine rings is 1. The summed E-state index contributed by atoms with van der Waals surface area (Å²) in [4.78, 5) is 11.9. The average Bonchev–Trinajstić information content (AvgIpc) is 2.53. The molecule has 0 aromatic heterocycles. The molecule has 0 aliphatic carbocycles. The van der Waals surface area contributed by atoms with Crippen LogP contribution in [-0.2, 0) is 22.3 Å². The van der Waals surface area contributed by atoms with E-state index in [1.54, 1.807) is 0 Å². The Morgan fingerprint density at radius 1 is 1.48 bits per heavy atom. The predicted octanol–water partition coefficient (Wildman–Crippen LogP) is 1.71. The second-order valence-electron chi connectivity index (χ2n) is 5.23. The van der Waals surface area contributed by atoms with E-state index in [9.17, 15) is 18.0 Å². The van der Waals surface area contributed by atoms with Crippen LogP contribution in [0, 0.1) is 0 Å². The van der Waals surface area contributed by atoms with Gasteiger partial charge in [-0.3, -0.25) is 4.79 Å². The number of benzene rings is 1. The zero-order valence-electron chi connectivity index (χ0n) is 12.7. The van der Waals surface area contributed by atoms with E-state index in [0.29, 0.717) is 19.8 Å². The summed E-state index contributed by atoms with van der Waals surface area (Å²) in [7, 11) is 1.30. The summed E-state index contributed by atoms with van der Waals surface area (Å²) >= 11 is 0. The summed E-state index contributed by atoms with van der Waals surface area (Å²) in [6, 6.07) is 3.57. The minimum absolute atomic E-state index is 0.000460. The Kier molecular flexibility index (Phi) is 5.84. The number of hydrogen-bond donors (Lipinski definition) is 2. The topological polar surface area (TPSA) is 59.6 Å². The number of nitrogens with one attached hydrogen (secondary N) is 2. The molecular weight excluding hydrogens is 313 g/mol. The first kappa shape index (κ1) is 17.6.